The number of rotatable bonds is 16. The molecule has 13 rings (SSSR count). The zero-order valence-electron chi connectivity index (χ0n) is 72.4. The number of carbonyl (C=O) groups excluding carboxylic acids is 2. The quantitative estimate of drug-likeness (QED) is 0.00803. The normalized spacial score (nSPS) is 12.6. The molecule has 0 atom stereocenters. The minimum absolute atomic E-state index is 0. The van der Waals surface area contributed by atoms with Crippen molar-refractivity contribution >= 4 is 126 Å². The Morgan fingerprint density at radius 3 is 0.993 bits per heavy atom. The van der Waals surface area contributed by atoms with Crippen molar-refractivity contribution in [2.75, 3.05) is 12.5 Å². The van der Waals surface area contributed by atoms with Crippen LogP contribution in [0.1, 0.15) is 98.3 Å². The van der Waals surface area contributed by atoms with Crippen molar-refractivity contribution in [3.63, 3.8) is 0 Å². The molecule has 8 heterocycles. The van der Waals surface area contributed by atoms with Crippen LogP contribution in [0.2, 0.25) is 10.3 Å². The van der Waals surface area contributed by atoms with E-state index in [1.54, 1.807) is 61.0 Å². The number of nitrogen functional groups attached to an aromatic ring is 1. The van der Waals surface area contributed by atoms with Crippen LogP contribution in [0.15, 0.2) is 158 Å². The first-order valence-electron chi connectivity index (χ1n) is 37.0. The molecule has 32 nitrogen and oxygen atoms in total. The van der Waals surface area contributed by atoms with Crippen molar-refractivity contribution < 1.29 is 200 Å². The molecule has 1 saturated heterocycles. The van der Waals surface area contributed by atoms with E-state index in [2.05, 4.69) is 138 Å². The average molecular weight is 2420 g/mol. The molecule has 1 aliphatic heterocycles. The van der Waals surface area contributed by atoms with E-state index < -0.39 is 124 Å². The topological polar surface area (TPSA) is 418 Å². The molecule has 0 spiro atoms. The van der Waals surface area contributed by atoms with Crippen molar-refractivity contribution in [3.05, 3.63) is 207 Å². The minimum atomic E-state index is -5.08. The summed E-state index contributed by atoms with van der Waals surface area (Å²) in [7, 11) is -3.71. The van der Waals surface area contributed by atoms with Gasteiger partial charge in [0.25, 0.3) is 0 Å². The standard InChI is InChI=1S/C15H11F5N4O2.C14H18BF3O3.C14H8ClF5N4O.C12H8ClF3N2O.C12H11F3N4O.C4H2BrClN2.C4Cl2F4O3.CF3O2S.4CH4.Ag.H2N2.O.H2/c1-8-5-9(26-15(18,19)20)3-4-10(8)11-7-24-12(6-21-11)22-23-13(24)14(16,17)25-2;1-9-8-10(19-14(16,17)18)6-7-11(9)15-20-12(2,3)13(4,5)21-15;1-7-4-8(25-14(18,19)20)2-3-9(7)10-6-24-11(5-21-10)22-23-12(24)13(15,16)17;1-7-4-8(19-12(14,15)16)2-3-9(7)10-5-18-11(13)6-17-10;1-7-4-8(20-12(13,14)15)2-3-9(7)10-5-18-11(19-16)6-17-10;5-3-1-8-4(6)2-7-3;5-3(7,8)1(11)13-2(12)4(6,9)10;2-1(3,4)7(5)6;;;;;;1-2;;/h3-7H,1-2H3;6-8H,1-5H3;2-6H,1H3;2-6H,1H3;2-6H,16H2,1H3,(H,18,19);1-2H;;;4*1H4;;1-2H;;1H/q;;;;;;;-1;;;;;;;;. The van der Waals surface area contributed by atoms with Crippen LogP contribution in [-0.4, -0.2) is 155 Å². The Kier molecular flexibility index (Phi) is 51.8. The van der Waals surface area contributed by atoms with E-state index >= 15 is 0 Å². The first-order chi connectivity index (χ1) is 65.6. The molecule has 817 valence electrons. The molecular weight excluding hydrogens is 2340 g/mol. The average Bonchev–Trinajstić information content (AvgIpc) is 1.62. The Bertz CT molecular complexity index is 6290. The molecule has 12 aromatic rings. The molecule has 0 unspecified atom stereocenters. The van der Waals surface area contributed by atoms with Crippen LogP contribution in [0.5, 0.6) is 28.7 Å². The van der Waals surface area contributed by atoms with Crippen LogP contribution in [0.4, 0.5) is 120 Å². The summed E-state index contributed by atoms with van der Waals surface area (Å²) in [6.45, 7) is 15.8. The Balaban J connectivity index is 0. The zero-order chi connectivity index (χ0) is 109. The fourth-order valence-electron chi connectivity index (χ4n) is 10.4. The Labute approximate surface area is 864 Å². The number of esters is 2. The molecule has 1 aliphatic rings. The van der Waals surface area contributed by atoms with Crippen LogP contribution in [-0.2, 0) is 83.3 Å². The molecule has 0 bridgehead atoms. The van der Waals surface area contributed by atoms with E-state index in [1.165, 1.54) is 129 Å². The van der Waals surface area contributed by atoms with Crippen LogP contribution >= 0.6 is 73.9 Å². The van der Waals surface area contributed by atoms with E-state index in [9.17, 15) is 124 Å². The predicted molar refractivity (Wildman–Crippen MR) is 477 cm³/mol. The Hall–Kier alpha value is -11.5. The molecule has 0 saturated carbocycles. The number of hydrogen-bond donors (Lipinski definition) is 4. The van der Waals surface area contributed by atoms with Crippen LogP contribution in [0, 0.1) is 45.7 Å². The number of nitrogens with two attached hydrogens (primary N) is 1. The molecular formula is C80H78AgBBrCl5F26N18O14S-. The number of aromatic nitrogens is 14. The number of methoxy groups -OCH3 is 1. The van der Waals surface area contributed by atoms with E-state index in [0.29, 0.717) is 82.5 Å². The molecule has 67 heteroatoms. The number of fused-ring (bicyclic) bond motifs is 2. The molecule has 1 fully saturated rings. The second-order valence-corrected chi connectivity index (χ2v) is 31.6. The van der Waals surface area contributed by atoms with Crippen LogP contribution in [0.25, 0.3) is 56.3 Å². The zero-order valence-corrected chi connectivity index (χ0v) is 80.0. The van der Waals surface area contributed by atoms with Crippen molar-refractivity contribution in [3.8, 4) is 73.8 Å². The molecule has 5 aromatic carbocycles. The fourth-order valence-corrected chi connectivity index (χ4v) is 11.0. The Morgan fingerprint density at radius 1 is 0.442 bits per heavy atom. The van der Waals surface area contributed by atoms with Gasteiger partial charge in [-0.2, -0.15) is 48.3 Å². The van der Waals surface area contributed by atoms with Gasteiger partial charge in [0.1, 0.15) is 43.7 Å². The van der Waals surface area contributed by atoms with Crippen molar-refractivity contribution in [1.82, 2.24) is 69.1 Å². The van der Waals surface area contributed by atoms with Gasteiger partial charge in [0, 0.05) is 53.9 Å². The van der Waals surface area contributed by atoms with Crippen molar-refractivity contribution in [1.29, 1.82) is 11.1 Å². The first kappa shape index (κ1) is 135. The summed E-state index contributed by atoms with van der Waals surface area (Å²) in [5, 5.41) is 1.69. The van der Waals surface area contributed by atoms with Gasteiger partial charge in [-0.05, 0) is 231 Å². The van der Waals surface area contributed by atoms with Crippen LogP contribution < -0.4 is 40.4 Å². The third kappa shape index (κ3) is 44.4. The number of nitrogens with zero attached hydrogens (tertiary/aromatic N) is 14. The second kappa shape index (κ2) is 56.2. The number of aryl methyl sites for hydroxylation is 5. The van der Waals surface area contributed by atoms with Crippen molar-refractivity contribution in [2.45, 2.75) is 163 Å². The maximum atomic E-state index is 13.8. The van der Waals surface area contributed by atoms with Gasteiger partial charge in [-0.1, -0.05) is 59.0 Å². The SMILES string of the molecule is C.C.C.C.COC(F)(F)c1nnc2cnc(-c3ccc(OC(F)(F)F)cc3C)cn12.Cc1cc(OC(F)(F)F)ccc1-c1cn2c(C(F)(F)Cl)nnc2cn1.Cc1cc(OC(F)(F)F)ccc1-c1cnc(Cl)cn1.Cc1cc(OC(F)(F)F)ccc1-c1cnc(NN)cn1.Cc1cc(OC(F)(F)F)ccc1B1OC(C)(C)C(C)(C)O1.Clc1cnc(Br)cn1.N=N.O=C(OC(=O)C(F)(F)Cl)C(F)(F)Cl.O=[S-](=O)C(F)(F)F.[HH].[O]=[Ag]. The molecule has 0 aliphatic carbocycles. The number of benzene rings is 5. The number of hydrogen-bond acceptors (Lipinski definition) is 31. The third-order valence-electron chi connectivity index (χ3n) is 17.0. The van der Waals surface area contributed by atoms with E-state index in [4.69, 9.17) is 72.7 Å². The van der Waals surface area contributed by atoms with Gasteiger partial charge in [-0.3, -0.25) is 28.7 Å². The third-order valence-corrected chi connectivity index (χ3v) is 18.7. The molecule has 0 radical (unpaired) electrons. The summed E-state index contributed by atoms with van der Waals surface area (Å²) in [4.78, 5) is 51.7. The number of nitrogens with one attached hydrogen (secondary N) is 3. The Morgan fingerprint density at radius 2 is 0.735 bits per heavy atom. The number of carbonyl (C=O) groups is 2. The monoisotopic (exact) mass is 2410 g/mol. The maximum absolute atomic E-state index is 13.8. The van der Waals surface area contributed by atoms with Gasteiger partial charge in [0.05, 0.1) is 83.6 Å². The number of anilines is 1. The van der Waals surface area contributed by atoms with Gasteiger partial charge in [0.15, 0.2) is 17.1 Å². The van der Waals surface area contributed by atoms with E-state index in [0.717, 1.165) is 34.1 Å². The van der Waals surface area contributed by atoms with E-state index in [-0.39, 0.29) is 76.2 Å². The summed E-state index contributed by atoms with van der Waals surface area (Å²) >= 11 is 28.9. The summed E-state index contributed by atoms with van der Waals surface area (Å²) in [5.74, 6) is -2.77. The van der Waals surface area contributed by atoms with Crippen LogP contribution in [0.3, 0.4) is 0 Å². The van der Waals surface area contributed by atoms with Gasteiger partial charge in [-0.25, -0.2) is 46.4 Å². The molecule has 147 heavy (non-hydrogen) atoms. The van der Waals surface area contributed by atoms with Gasteiger partial charge >= 0.3 is 103 Å². The van der Waals surface area contributed by atoms with E-state index in [1.807, 2.05) is 27.7 Å². The number of halogens is 32. The predicted octanol–water partition coefficient (Wildman–Crippen LogP) is 25.5. The summed E-state index contributed by atoms with van der Waals surface area (Å²) in [5.41, 5.74) is 13.4. The summed E-state index contributed by atoms with van der Waals surface area (Å²) in [6, 6.07) is 19.4. The van der Waals surface area contributed by atoms with Gasteiger partial charge in [0.2, 0.25) is 11.6 Å². The van der Waals surface area contributed by atoms with Gasteiger partial charge < -0.3 is 56.3 Å². The second-order valence-electron chi connectivity index (χ2n) is 27.7. The molecule has 5 N–H and O–H groups in total. The number of hydrazine groups is 1. The first-order valence-corrected chi connectivity index (χ1v) is 41.4. The number of ether oxygens (including phenoxy) is 7. The summed E-state index contributed by atoms with van der Waals surface area (Å²) in [6.07, 6.45) is -13.7. The fraction of sp³-hybridized carbons (Fsp3) is 0.325. The molecule has 0 amide bonds. The molecule has 7 aromatic heterocycles. The summed E-state index contributed by atoms with van der Waals surface area (Å²) < 4.78 is 382. The number of alkyl halides is 29. The van der Waals surface area contributed by atoms with Crippen molar-refractivity contribution in [2.24, 2.45) is 5.84 Å². The van der Waals surface area contributed by atoms with Gasteiger partial charge in [-0.15, -0.1) is 86.3 Å².